The number of carboxylic acid groups (broad SMARTS) is 1. The van der Waals surface area contributed by atoms with Gasteiger partial charge in [-0.15, -0.1) is 0 Å². The number of rotatable bonds is 3. The first-order valence-corrected chi connectivity index (χ1v) is 6.58. The van der Waals surface area contributed by atoms with Crippen LogP contribution in [-0.2, 0) is 12.8 Å². The molecule has 0 saturated carbocycles. The minimum atomic E-state index is -1.16. The third-order valence-corrected chi connectivity index (χ3v) is 3.89. The maximum Gasteiger partial charge on any atom is 0.374 e. The van der Waals surface area contributed by atoms with Gasteiger partial charge in [0.25, 0.3) is 0 Å². The summed E-state index contributed by atoms with van der Waals surface area (Å²) < 4.78 is 10.2. The molecule has 1 aliphatic rings. The smallest absolute Gasteiger partial charge is 0.374 e. The number of halogens is 1. The summed E-state index contributed by atoms with van der Waals surface area (Å²) in [6, 6.07) is 3.33. The zero-order chi connectivity index (χ0) is 14.3. The van der Waals surface area contributed by atoms with Gasteiger partial charge in [0, 0.05) is 11.6 Å². The fraction of sp³-hybridized carbons (Fsp3) is 0.286. The number of aromatic carboxylic acids is 1. The van der Waals surface area contributed by atoms with E-state index in [0.29, 0.717) is 22.0 Å². The molecule has 1 N–H and O–H groups in total. The van der Waals surface area contributed by atoms with Gasteiger partial charge in [-0.1, -0.05) is 16.8 Å². The molecule has 0 bridgehead atoms. The van der Waals surface area contributed by atoms with E-state index < -0.39 is 5.97 Å². The Morgan fingerprint density at radius 3 is 2.90 bits per heavy atom. The molecule has 5 nitrogen and oxygen atoms in total. The van der Waals surface area contributed by atoms with E-state index in [1.54, 1.807) is 0 Å². The number of aromatic nitrogens is 1. The molecule has 3 rings (SSSR count). The first kappa shape index (κ1) is 13.0. The van der Waals surface area contributed by atoms with Crippen molar-refractivity contribution in [1.82, 2.24) is 5.16 Å². The highest BCUT2D eigenvalue weighted by atomic mass is 35.5. The molecule has 0 aliphatic heterocycles. The second kappa shape index (κ2) is 4.83. The molecule has 2 aromatic rings. The van der Waals surface area contributed by atoms with Crippen LogP contribution in [0.5, 0.6) is 5.75 Å². The molecular formula is C14H12ClNO4. The summed E-state index contributed by atoms with van der Waals surface area (Å²) in [5, 5.41) is 13.3. The number of fused-ring (bicyclic) bond motifs is 1. The Balaban J connectivity index is 2.17. The Bertz CT molecular complexity index is 693. The quantitative estimate of drug-likeness (QED) is 0.941. The van der Waals surface area contributed by atoms with Gasteiger partial charge >= 0.3 is 5.97 Å². The lowest BCUT2D eigenvalue weighted by Crippen LogP contribution is -1.95. The van der Waals surface area contributed by atoms with Crippen LogP contribution in [0.1, 0.15) is 28.1 Å². The maximum atomic E-state index is 10.9. The molecule has 0 fully saturated rings. The fourth-order valence-electron chi connectivity index (χ4n) is 2.56. The highest BCUT2D eigenvalue weighted by Gasteiger charge is 2.24. The van der Waals surface area contributed by atoms with Crippen molar-refractivity contribution in [3.8, 4) is 17.0 Å². The summed E-state index contributed by atoms with van der Waals surface area (Å²) in [6.07, 6.45) is 2.94. The first-order valence-electron chi connectivity index (χ1n) is 6.20. The minimum Gasteiger partial charge on any atom is -0.494 e. The molecule has 1 aliphatic carbocycles. The molecule has 6 heteroatoms. The number of hydrogen-bond donors (Lipinski definition) is 1. The Labute approximate surface area is 120 Å². The van der Waals surface area contributed by atoms with Gasteiger partial charge in [-0.3, -0.25) is 0 Å². The minimum absolute atomic E-state index is 0.210. The van der Waals surface area contributed by atoms with Crippen LogP contribution in [0.3, 0.4) is 0 Å². The van der Waals surface area contributed by atoms with Crippen molar-refractivity contribution in [3.63, 3.8) is 0 Å². The number of carboxylic acids is 1. The van der Waals surface area contributed by atoms with Gasteiger partial charge in [-0.05, 0) is 36.5 Å². The fourth-order valence-corrected chi connectivity index (χ4v) is 2.96. The number of benzene rings is 1. The van der Waals surface area contributed by atoms with Gasteiger partial charge in [-0.2, -0.15) is 0 Å². The van der Waals surface area contributed by atoms with Gasteiger partial charge in [0.05, 0.1) is 12.1 Å². The molecule has 0 spiro atoms. The number of nitrogens with zero attached hydrogens (tertiary/aromatic N) is 1. The van der Waals surface area contributed by atoms with Crippen molar-refractivity contribution in [1.29, 1.82) is 0 Å². The van der Waals surface area contributed by atoms with Gasteiger partial charge in [0.2, 0.25) is 5.76 Å². The highest BCUT2D eigenvalue weighted by Crippen LogP contribution is 2.43. The molecule has 0 saturated heterocycles. The lowest BCUT2D eigenvalue weighted by molar-refractivity contribution is 0.0652. The van der Waals surface area contributed by atoms with Crippen LogP contribution >= 0.6 is 11.6 Å². The molecule has 0 unspecified atom stereocenters. The molecule has 104 valence electrons. The van der Waals surface area contributed by atoms with Gasteiger partial charge in [-0.25, -0.2) is 4.79 Å². The molecule has 0 atom stereocenters. The molecule has 1 aromatic carbocycles. The summed E-state index contributed by atoms with van der Waals surface area (Å²) in [7, 11) is 1.53. The zero-order valence-corrected chi connectivity index (χ0v) is 11.5. The summed E-state index contributed by atoms with van der Waals surface area (Å²) >= 11 is 6.38. The number of methoxy groups -OCH3 is 1. The Morgan fingerprint density at radius 2 is 2.25 bits per heavy atom. The molecular weight excluding hydrogens is 282 g/mol. The van der Waals surface area contributed by atoms with E-state index in [1.807, 2.05) is 6.07 Å². The zero-order valence-electron chi connectivity index (χ0n) is 10.8. The van der Waals surface area contributed by atoms with Crippen LogP contribution in [0, 0.1) is 0 Å². The van der Waals surface area contributed by atoms with Gasteiger partial charge in [0.1, 0.15) is 11.4 Å². The summed E-state index contributed by atoms with van der Waals surface area (Å²) in [5.74, 6) is -0.855. The largest absolute Gasteiger partial charge is 0.494 e. The van der Waals surface area contributed by atoms with Crippen LogP contribution in [0.25, 0.3) is 11.3 Å². The highest BCUT2D eigenvalue weighted by molar-refractivity contribution is 6.33. The van der Waals surface area contributed by atoms with Crippen molar-refractivity contribution in [2.75, 3.05) is 7.11 Å². The van der Waals surface area contributed by atoms with E-state index in [4.69, 9.17) is 26.0 Å². The predicted molar refractivity (Wildman–Crippen MR) is 72.5 cm³/mol. The van der Waals surface area contributed by atoms with E-state index in [1.165, 1.54) is 13.2 Å². The van der Waals surface area contributed by atoms with Crippen LogP contribution < -0.4 is 4.74 Å². The Hall–Kier alpha value is -2.01. The summed E-state index contributed by atoms with van der Waals surface area (Å²) in [4.78, 5) is 10.9. The molecule has 0 radical (unpaired) electrons. The van der Waals surface area contributed by atoms with Crippen LogP contribution in [0.2, 0.25) is 5.02 Å². The van der Waals surface area contributed by atoms with Crippen molar-refractivity contribution in [2.24, 2.45) is 0 Å². The van der Waals surface area contributed by atoms with Crippen LogP contribution in [0.4, 0.5) is 0 Å². The number of carbonyl (C=O) groups is 1. The number of ether oxygens (including phenoxy) is 1. The van der Waals surface area contributed by atoms with E-state index in [9.17, 15) is 4.79 Å². The molecule has 0 amide bonds. The number of hydrogen-bond acceptors (Lipinski definition) is 4. The third kappa shape index (κ3) is 1.94. The van der Waals surface area contributed by atoms with Crippen LogP contribution in [0.15, 0.2) is 16.7 Å². The van der Waals surface area contributed by atoms with E-state index in [-0.39, 0.29) is 5.76 Å². The van der Waals surface area contributed by atoms with E-state index in [0.717, 1.165) is 30.4 Å². The monoisotopic (exact) mass is 293 g/mol. The average molecular weight is 294 g/mol. The predicted octanol–water partition coefficient (Wildman–Crippen LogP) is 3.19. The normalized spacial score (nSPS) is 13.3. The van der Waals surface area contributed by atoms with Crippen molar-refractivity contribution in [2.45, 2.75) is 19.3 Å². The SMILES string of the molecule is COc1c(-c2cc(C(=O)O)on2)cc2c(c1Cl)CCC2. The maximum absolute atomic E-state index is 10.9. The van der Waals surface area contributed by atoms with Gasteiger partial charge < -0.3 is 14.4 Å². The third-order valence-electron chi connectivity index (χ3n) is 3.49. The van der Waals surface area contributed by atoms with E-state index in [2.05, 4.69) is 5.16 Å². The lowest BCUT2D eigenvalue weighted by atomic mass is 10.0. The second-order valence-electron chi connectivity index (χ2n) is 4.64. The average Bonchev–Trinajstić information content (AvgIpc) is 3.07. The van der Waals surface area contributed by atoms with Crippen LogP contribution in [-0.4, -0.2) is 23.3 Å². The molecule has 1 heterocycles. The Kier molecular flexibility index (Phi) is 3.14. The second-order valence-corrected chi connectivity index (χ2v) is 5.02. The summed E-state index contributed by atoms with van der Waals surface area (Å²) in [6.45, 7) is 0. The standard InChI is InChI=1S/C14H12ClNO4/c1-19-13-9(10-6-11(14(17)18)20-16-10)5-7-3-2-4-8(7)12(13)15/h5-6H,2-4H2,1H3,(H,17,18). The lowest BCUT2D eigenvalue weighted by Gasteiger charge is -2.12. The van der Waals surface area contributed by atoms with E-state index >= 15 is 0 Å². The van der Waals surface area contributed by atoms with Crippen molar-refractivity contribution in [3.05, 3.63) is 34.0 Å². The molecule has 20 heavy (non-hydrogen) atoms. The first-order chi connectivity index (χ1) is 9.61. The topological polar surface area (TPSA) is 72.6 Å². The van der Waals surface area contributed by atoms with Crippen molar-refractivity contribution < 1.29 is 19.2 Å². The van der Waals surface area contributed by atoms with Gasteiger partial charge in [0.15, 0.2) is 0 Å². The molecule has 1 aromatic heterocycles. The number of aryl methyl sites for hydroxylation is 1. The summed E-state index contributed by atoms with van der Waals surface area (Å²) in [5.41, 5.74) is 3.34. The Morgan fingerprint density at radius 1 is 1.45 bits per heavy atom. The van der Waals surface area contributed by atoms with Crippen molar-refractivity contribution >= 4 is 17.6 Å².